The molecule has 6 aliphatic rings. The van der Waals surface area contributed by atoms with Crippen LogP contribution in [0.3, 0.4) is 0 Å². The van der Waals surface area contributed by atoms with Gasteiger partial charge in [-0.1, -0.05) is 184 Å². The minimum atomic E-state index is -0.531. The number of rotatable bonds is 6. The first kappa shape index (κ1) is 37.1. The van der Waals surface area contributed by atoms with E-state index in [0.29, 0.717) is 11.8 Å². The van der Waals surface area contributed by atoms with Gasteiger partial charge in [0.25, 0.3) is 0 Å². The average molecular weight is 812 g/mol. The van der Waals surface area contributed by atoms with Gasteiger partial charge in [0.1, 0.15) is 0 Å². The summed E-state index contributed by atoms with van der Waals surface area (Å²) in [5, 5.41) is 0. The highest BCUT2D eigenvalue weighted by molar-refractivity contribution is 5.91. The quantitative estimate of drug-likeness (QED) is 0.162. The Bertz CT molecular complexity index is 2980. The Morgan fingerprint density at radius 3 is 1.51 bits per heavy atom. The Balaban J connectivity index is 1.13. The molecule has 306 valence electrons. The molecule has 1 spiro atoms. The van der Waals surface area contributed by atoms with Gasteiger partial charge in [-0.05, 0) is 147 Å². The van der Waals surface area contributed by atoms with Crippen LogP contribution in [0, 0.1) is 23.7 Å². The van der Waals surface area contributed by atoms with Gasteiger partial charge < -0.3 is 4.90 Å². The van der Waals surface area contributed by atoms with Crippen molar-refractivity contribution in [1.29, 1.82) is 0 Å². The van der Waals surface area contributed by atoms with Gasteiger partial charge in [0, 0.05) is 27.8 Å². The van der Waals surface area contributed by atoms with Crippen LogP contribution in [-0.2, 0) is 16.2 Å². The molecule has 4 fully saturated rings. The van der Waals surface area contributed by atoms with Crippen molar-refractivity contribution in [1.82, 2.24) is 0 Å². The highest BCUT2D eigenvalue weighted by Gasteiger charge is 2.63. The highest BCUT2D eigenvalue weighted by Crippen LogP contribution is 2.70. The molecule has 0 unspecified atom stereocenters. The first-order chi connectivity index (χ1) is 31.0. The Morgan fingerprint density at radius 1 is 0.381 bits per heavy atom. The van der Waals surface area contributed by atoms with Crippen molar-refractivity contribution >= 4 is 17.1 Å². The third kappa shape index (κ3) is 5.11. The van der Waals surface area contributed by atoms with E-state index >= 15 is 0 Å². The molecule has 4 bridgehead atoms. The fourth-order valence-electron chi connectivity index (χ4n) is 14.6. The molecule has 1 heteroatoms. The number of hydrogen-bond acceptors (Lipinski definition) is 1. The van der Waals surface area contributed by atoms with Crippen LogP contribution in [0.5, 0.6) is 0 Å². The van der Waals surface area contributed by atoms with Gasteiger partial charge in [0.15, 0.2) is 0 Å². The summed E-state index contributed by atoms with van der Waals surface area (Å²) in [4.78, 5) is 2.59. The van der Waals surface area contributed by atoms with Gasteiger partial charge >= 0.3 is 0 Å². The maximum atomic E-state index is 2.66. The van der Waals surface area contributed by atoms with E-state index in [4.69, 9.17) is 0 Å². The second-order valence-electron chi connectivity index (χ2n) is 20.1. The van der Waals surface area contributed by atoms with Crippen molar-refractivity contribution in [2.75, 3.05) is 4.90 Å². The molecule has 0 radical (unpaired) electrons. The zero-order chi connectivity index (χ0) is 41.9. The summed E-state index contributed by atoms with van der Waals surface area (Å²) in [5.41, 5.74) is 19.5. The van der Waals surface area contributed by atoms with Crippen molar-refractivity contribution < 1.29 is 0 Å². The summed E-state index contributed by atoms with van der Waals surface area (Å²) in [6, 6.07) is 76.9. The van der Waals surface area contributed by atoms with Crippen molar-refractivity contribution in [2.24, 2.45) is 23.7 Å². The lowest BCUT2D eigenvalue weighted by Crippen LogP contribution is -2.59. The van der Waals surface area contributed by atoms with Crippen LogP contribution in [0.2, 0.25) is 0 Å². The normalized spacial score (nSPS) is 23.7. The molecule has 63 heavy (non-hydrogen) atoms. The lowest BCUT2D eigenvalue weighted by atomic mass is 9.38. The van der Waals surface area contributed by atoms with E-state index in [1.54, 1.807) is 11.1 Å². The molecule has 0 amide bonds. The number of benzene rings is 8. The van der Waals surface area contributed by atoms with Crippen LogP contribution in [-0.4, -0.2) is 0 Å². The van der Waals surface area contributed by atoms with Crippen molar-refractivity contribution in [3.8, 4) is 22.3 Å². The van der Waals surface area contributed by atoms with Crippen LogP contribution in [0.15, 0.2) is 200 Å². The van der Waals surface area contributed by atoms with E-state index in [1.807, 2.05) is 0 Å². The highest BCUT2D eigenvalue weighted by atomic mass is 15.1. The van der Waals surface area contributed by atoms with Crippen LogP contribution in [0.1, 0.15) is 90.5 Å². The largest absolute Gasteiger partial charge is 0.310 e. The van der Waals surface area contributed by atoms with Crippen molar-refractivity contribution in [3.63, 3.8) is 0 Å². The Kier molecular flexibility index (Phi) is 8.12. The number of anilines is 3. The molecule has 0 aromatic heterocycles. The first-order valence-electron chi connectivity index (χ1n) is 23.5. The zero-order valence-corrected chi connectivity index (χ0v) is 36.3. The van der Waals surface area contributed by atoms with Gasteiger partial charge in [-0.25, -0.2) is 0 Å². The standard InChI is InChI=1S/C62H53N/c1-60(2)53-26-14-12-25-51(53)52-32-30-48(39-57(52)60)63(59-29-17-13-24-50(59)43-18-6-3-7-19-43)49-31-33-56-58(40-49)61(44-20-8-4-9-21-44,45-22-10-5-11-23-45)54-27-15-16-28-55(54)62(56)46-35-41-34-42(37-46)38-47(62)36-41/h3-33,39-42,46-47H,34-38H2,1-2H3. The first-order valence-corrected chi connectivity index (χ1v) is 23.5. The molecule has 8 aromatic carbocycles. The number of hydrogen-bond donors (Lipinski definition) is 0. The Labute approximate surface area is 373 Å². The zero-order valence-electron chi connectivity index (χ0n) is 36.3. The SMILES string of the molecule is CC1(C)c2ccccc2-c2ccc(N(c3ccc4c(c3)C(c3ccccc3)(c3ccccc3)c3ccccc3C43C4CC5CC(C4)CC3C5)c3ccccc3-c3ccccc3)cc21. The lowest BCUT2D eigenvalue weighted by Gasteiger charge is -2.65. The summed E-state index contributed by atoms with van der Waals surface area (Å²) in [7, 11) is 0. The molecule has 14 rings (SSSR count). The molecular weight excluding hydrogens is 759 g/mol. The van der Waals surface area contributed by atoms with Crippen LogP contribution in [0.4, 0.5) is 17.1 Å². The molecule has 8 aromatic rings. The Morgan fingerprint density at radius 2 is 0.857 bits per heavy atom. The summed E-state index contributed by atoms with van der Waals surface area (Å²) in [5.74, 6) is 3.00. The molecule has 0 heterocycles. The number of nitrogens with zero attached hydrogens (tertiary/aromatic N) is 1. The van der Waals surface area contributed by atoms with Gasteiger partial charge in [0.2, 0.25) is 0 Å². The monoisotopic (exact) mass is 811 g/mol. The van der Waals surface area contributed by atoms with Crippen LogP contribution < -0.4 is 4.90 Å². The minimum absolute atomic E-state index is 0.0267. The molecule has 4 saturated carbocycles. The molecule has 0 N–H and O–H groups in total. The third-order valence-corrected chi connectivity index (χ3v) is 16.8. The summed E-state index contributed by atoms with van der Waals surface area (Å²) in [6.45, 7) is 4.80. The van der Waals surface area contributed by atoms with E-state index in [2.05, 4.69) is 219 Å². The van der Waals surface area contributed by atoms with Gasteiger partial charge in [0.05, 0.1) is 11.1 Å². The number of fused-ring (bicyclic) bond motifs is 5. The fourth-order valence-corrected chi connectivity index (χ4v) is 14.6. The smallest absolute Gasteiger partial charge is 0.0708 e. The van der Waals surface area contributed by atoms with E-state index in [1.165, 1.54) is 105 Å². The van der Waals surface area contributed by atoms with Gasteiger partial charge in [-0.15, -0.1) is 0 Å². The summed E-state index contributed by atoms with van der Waals surface area (Å²) < 4.78 is 0. The molecule has 0 aliphatic heterocycles. The second kappa shape index (κ2) is 13.8. The van der Waals surface area contributed by atoms with Gasteiger partial charge in [-0.3, -0.25) is 0 Å². The molecule has 0 saturated heterocycles. The topological polar surface area (TPSA) is 3.24 Å². The molecule has 6 aliphatic carbocycles. The maximum absolute atomic E-state index is 2.66. The molecule has 0 atom stereocenters. The second-order valence-corrected chi connectivity index (χ2v) is 20.1. The van der Waals surface area contributed by atoms with E-state index in [9.17, 15) is 0 Å². The van der Waals surface area contributed by atoms with Crippen LogP contribution in [0.25, 0.3) is 22.3 Å². The molecule has 1 nitrogen and oxygen atoms in total. The van der Waals surface area contributed by atoms with Crippen LogP contribution >= 0.6 is 0 Å². The summed E-state index contributed by atoms with van der Waals surface area (Å²) >= 11 is 0. The maximum Gasteiger partial charge on any atom is 0.0708 e. The summed E-state index contributed by atoms with van der Waals surface area (Å²) in [6.07, 6.45) is 6.81. The fraction of sp³-hybridized carbons (Fsp3) is 0.226. The number of para-hydroxylation sites is 1. The van der Waals surface area contributed by atoms with Crippen molar-refractivity contribution in [3.05, 3.63) is 245 Å². The third-order valence-electron chi connectivity index (χ3n) is 16.8. The lowest BCUT2D eigenvalue weighted by molar-refractivity contribution is -0.0440. The van der Waals surface area contributed by atoms with E-state index in [0.717, 1.165) is 11.8 Å². The predicted molar refractivity (Wildman–Crippen MR) is 260 cm³/mol. The minimum Gasteiger partial charge on any atom is -0.310 e. The average Bonchev–Trinajstić information content (AvgIpc) is 3.56. The van der Waals surface area contributed by atoms with Gasteiger partial charge in [-0.2, -0.15) is 0 Å². The van der Waals surface area contributed by atoms with Crippen molar-refractivity contribution in [2.45, 2.75) is 62.2 Å². The molecular formula is C62H53N. The Hall–Kier alpha value is -6.44. The van der Waals surface area contributed by atoms with E-state index < -0.39 is 5.41 Å². The van der Waals surface area contributed by atoms with E-state index in [-0.39, 0.29) is 10.8 Å². The predicted octanol–water partition coefficient (Wildman–Crippen LogP) is 15.6.